The second kappa shape index (κ2) is 7.38. The highest BCUT2D eigenvalue weighted by atomic mass is 35.6. The lowest BCUT2D eigenvalue weighted by Crippen LogP contribution is -2.45. The molecule has 0 bridgehead atoms. The lowest BCUT2D eigenvalue weighted by molar-refractivity contribution is 0.0441. The highest BCUT2D eigenvalue weighted by molar-refractivity contribution is 6.68. The highest BCUT2D eigenvalue weighted by Crippen LogP contribution is 2.31. The molecule has 0 aromatic heterocycles. The fourth-order valence-corrected chi connectivity index (χ4v) is 1.79. The molecule has 1 atom stereocenters. The molecule has 20 heavy (non-hydrogen) atoms. The fourth-order valence-electron chi connectivity index (χ4n) is 1.27. The largest absolute Gasteiger partial charge is 0.507 e. The Bertz CT molecular complexity index is 502. The number of hydrogen-bond donors (Lipinski definition) is 2. The molecule has 8 heteroatoms. The number of phenols is 1. The van der Waals surface area contributed by atoms with Gasteiger partial charge in [-0.05, 0) is 18.2 Å². The van der Waals surface area contributed by atoms with Gasteiger partial charge in [0.2, 0.25) is 3.79 Å². The monoisotopic (exact) mass is 357 g/mol. The molecule has 1 aromatic rings. The van der Waals surface area contributed by atoms with E-state index in [1.807, 2.05) is 0 Å². The van der Waals surface area contributed by atoms with E-state index in [-0.39, 0.29) is 22.9 Å². The van der Waals surface area contributed by atoms with Crippen molar-refractivity contribution in [2.24, 2.45) is 0 Å². The molecule has 0 aliphatic carbocycles. The molecular formula is C12H11Cl4NO3. The zero-order chi connectivity index (χ0) is 15.3. The molecule has 0 fully saturated rings. The molecule has 1 aromatic carbocycles. The van der Waals surface area contributed by atoms with E-state index in [2.05, 4.69) is 11.9 Å². The van der Waals surface area contributed by atoms with Gasteiger partial charge in [-0.1, -0.05) is 52.5 Å². The second-order valence-corrected chi connectivity index (χ2v) is 6.48. The van der Waals surface area contributed by atoms with Crippen LogP contribution in [0.3, 0.4) is 0 Å². The molecule has 2 N–H and O–H groups in total. The third-order valence-corrected chi connectivity index (χ3v) is 2.97. The first-order valence-corrected chi connectivity index (χ1v) is 6.85. The minimum absolute atomic E-state index is 0.0565. The first kappa shape index (κ1) is 17.4. The van der Waals surface area contributed by atoms with Crippen LogP contribution in [0.2, 0.25) is 5.02 Å². The number of halogens is 4. The van der Waals surface area contributed by atoms with Gasteiger partial charge in [0, 0.05) is 5.02 Å². The summed E-state index contributed by atoms with van der Waals surface area (Å²) in [5.74, 6) is -0.941. The molecule has 1 rings (SSSR count). The maximum absolute atomic E-state index is 12.0. The van der Waals surface area contributed by atoms with Crippen LogP contribution in [0.15, 0.2) is 30.9 Å². The second-order valence-electron chi connectivity index (χ2n) is 3.68. The van der Waals surface area contributed by atoms with Crippen LogP contribution in [-0.2, 0) is 4.74 Å². The number of phenolic OH excluding ortho intramolecular Hbond substituents is 1. The Morgan fingerprint density at radius 1 is 1.50 bits per heavy atom. The number of amides is 1. The molecule has 110 valence electrons. The van der Waals surface area contributed by atoms with E-state index >= 15 is 0 Å². The summed E-state index contributed by atoms with van der Waals surface area (Å²) in [5, 5.41) is 12.3. The van der Waals surface area contributed by atoms with Crippen molar-refractivity contribution in [3.63, 3.8) is 0 Å². The number of carbonyl (C=O) groups is 1. The zero-order valence-electron chi connectivity index (χ0n) is 10.1. The summed E-state index contributed by atoms with van der Waals surface area (Å²) >= 11 is 22.9. The van der Waals surface area contributed by atoms with Gasteiger partial charge in [0.15, 0.2) is 6.23 Å². The molecule has 0 aliphatic heterocycles. The molecule has 1 amide bonds. The summed E-state index contributed by atoms with van der Waals surface area (Å²) < 4.78 is 3.28. The first-order chi connectivity index (χ1) is 9.25. The topological polar surface area (TPSA) is 58.6 Å². The fraction of sp³-hybridized carbons (Fsp3) is 0.250. The maximum atomic E-state index is 12.0. The van der Waals surface area contributed by atoms with Crippen molar-refractivity contribution >= 4 is 52.3 Å². The van der Waals surface area contributed by atoms with Gasteiger partial charge in [0.25, 0.3) is 5.91 Å². The van der Waals surface area contributed by atoms with Crippen molar-refractivity contribution in [3.05, 3.63) is 41.4 Å². The number of hydrogen-bond acceptors (Lipinski definition) is 3. The van der Waals surface area contributed by atoms with E-state index in [4.69, 9.17) is 51.1 Å². The van der Waals surface area contributed by atoms with E-state index in [1.165, 1.54) is 24.3 Å². The van der Waals surface area contributed by atoms with Crippen LogP contribution >= 0.6 is 46.4 Å². The van der Waals surface area contributed by atoms with E-state index < -0.39 is 15.9 Å². The molecule has 0 heterocycles. The highest BCUT2D eigenvalue weighted by Gasteiger charge is 2.35. The molecule has 0 saturated carbocycles. The van der Waals surface area contributed by atoms with Gasteiger partial charge in [-0.15, -0.1) is 6.58 Å². The number of aromatic hydroxyl groups is 1. The van der Waals surface area contributed by atoms with Gasteiger partial charge in [0.05, 0.1) is 12.2 Å². The van der Waals surface area contributed by atoms with Crippen LogP contribution < -0.4 is 5.32 Å². The zero-order valence-corrected chi connectivity index (χ0v) is 13.1. The molecule has 0 radical (unpaired) electrons. The Kier molecular flexibility index (Phi) is 6.43. The summed E-state index contributed by atoms with van der Waals surface area (Å²) in [5.41, 5.74) is -0.0565. The molecule has 1 unspecified atom stereocenters. The molecular weight excluding hydrogens is 348 g/mol. The van der Waals surface area contributed by atoms with E-state index in [0.717, 1.165) is 0 Å². The van der Waals surface area contributed by atoms with Crippen LogP contribution in [0.4, 0.5) is 0 Å². The van der Waals surface area contributed by atoms with E-state index in [1.54, 1.807) is 0 Å². The van der Waals surface area contributed by atoms with E-state index in [9.17, 15) is 9.90 Å². The lowest BCUT2D eigenvalue weighted by atomic mass is 10.2. The average Bonchev–Trinajstić information content (AvgIpc) is 2.35. The van der Waals surface area contributed by atoms with Gasteiger partial charge in [-0.25, -0.2) is 0 Å². The number of nitrogens with one attached hydrogen (secondary N) is 1. The molecule has 0 aliphatic rings. The predicted octanol–water partition coefficient (Wildman–Crippen LogP) is 3.67. The van der Waals surface area contributed by atoms with Gasteiger partial charge in [-0.2, -0.15) is 0 Å². The maximum Gasteiger partial charge on any atom is 0.257 e. The van der Waals surface area contributed by atoms with Crippen molar-refractivity contribution in [1.29, 1.82) is 0 Å². The molecule has 0 spiro atoms. The van der Waals surface area contributed by atoms with Crippen molar-refractivity contribution in [1.82, 2.24) is 5.32 Å². The van der Waals surface area contributed by atoms with Gasteiger partial charge < -0.3 is 15.2 Å². The minimum atomic E-state index is -1.88. The van der Waals surface area contributed by atoms with Crippen LogP contribution in [0.5, 0.6) is 5.75 Å². The average molecular weight is 359 g/mol. The number of ether oxygens (including phenoxy) is 1. The Hall–Kier alpha value is -0.650. The Morgan fingerprint density at radius 2 is 2.15 bits per heavy atom. The standard InChI is InChI=1S/C12H11Cl4NO3/c1-2-5-20-11(12(14,15)16)17-10(19)8-6-7(13)3-4-9(8)18/h2-4,6,11,18H,1,5H2,(H,17,19). The van der Waals surface area contributed by atoms with Crippen LogP contribution in [0.1, 0.15) is 10.4 Å². The molecule has 0 saturated heterocycles. The SMILES string of the molecule is C=CCOC(NC(=O)c1cc(Cl)ccc1O)C(Cl)(Cl)Cl. The predicted molar refractivity (Wildman–Crippen MR) is 80.8 cm³/mol. The first-order valence-electron chi connectivity index (χ1n) is 5.34. The van der Waals surface area contributed by atoms with Crippen LogP contribution in [-0.4, -0.2) is 27.6 Å². The number of rotatable bonds is 5. The van der Waals surface area contributed by atoms with Crippen LogP contribution in [0.25, 0.3) is 0 Å². The summed E-state index contributed by atoms with van der Waals surface area (Å²) in [6.07, 6.45) is 0.225. The van der Waals surface area contributed by atoms with Crippen molar-refractivity contribution in [2.45, 2.75) is 10.0 Å². The smallest absolute Gasteiger partial charge is 0.257 e. The third kappa shape index (κ3) is 5.04. The minimum Gasteiger partial charge on any atom is -0.507 e. The quantitative estimate of drug-likeness (QED) is 0.479. The van der Waals surface area contributed by atoms with Crippen molar-refractivity contribution in [2.75, 3.05) is 6.61 Å². The number of alkyl halides is 3. The summed E-state index contributed by atoms with van der Waals surface area (Å²) in [7, 11) is 0. The summed E-state index contributed by atoms with van der Waals surface area (Å²) in [4.78, 5) is 12.0. The number of carbonyl (C=O) groups excluding carboxylic acids is 1. The Balaban J connectivity index is 2.90. The van der Waals surface area contributed by atoms with Gasteiger partial charge in [-0.3, -0.25) is 4.79 Å². The Labute approximate surface area is 136 Å². The van der Waals surface area contributed by atoms with E-state index in [0.29, 0.717) is 0 Å². The van der Waals surface area contributed by atoms with Crippen molar-refractivity contribution in [3.8, 4) is 5.75 Å². The normalized spacial score (nSPS) is 12.8. The summed E-state index contributed by atoms with van der Waals surface area (Å²) in [6.45, 7) is 3.52. The summed E-state index contributed by atoms with van der Waals surface area (Å²) in [6, 6.07) is 4.01. The lowest BCUT2D eigenvalue weighted by Gasteiger charge is -2.25. The van der Waals surface area contributed by atoms with Crippen LogP contribution in [0, 0.1) is 0 Å². The van der Waals surface area contributed by atoms with Crippen molar-refractivity contribution < 1.29 is 14.6 Å². The number of benzene rings is 1. The van der Waals surface area contributed by atoms with Gasteiger partial charge >= 0.3 is 0 Å². The Morgan fingerprint density at radius 3 is 2.70 bits per heavy atom. The molecule has 4 nitrogen and oxygen atoms in total. The third-order valence-electron chi connectivity index (χ3n) is 2.14. The van der Waals surface area contributed by atoms with Gasteiger partial charge in [0.1, 0.15) is 5.75 Å².